The Morgan fingerprint density at radius 1 is 0.842 bits per heavy atom. The summed E-state index contributed by atoms with van der Waals surface area (Å²) >= 11 is 0. The standard InChI is InChI=1S/C12H12F5NO/c1-3-18(4-2)7(19)5-6-8(13)10(15)12(17)11(16)9(6)14/h3-5H2,1-2H3. The van der Waals surface area contributed by atoms with Crippen LogP contribution in [0.4, 0.5) is 22.0 Å². The van der Waals surface area contributed by atoms with Gasteiger partial charge >= 0.3 is 0 Å². The Kier molecular flexibility index (Phi) is 4.85. The van der Waals surface area contributed by atoms with Crippen molar-refractivity contribution in [3.8, 4) is 0 Å². The number of carbonyl (C=O) groups excluding carboxylic acids is 1. The molecule has 0 N–H and O–H groups in total. The highest BCUT2D eigenvalue weighted by Crippen LogP contribution is 2.23. The number of benzene rings is 1. The molecule has 0 spiro atoms. The van der Waals surface area contributed by atoms with Crippen molar-refractivity contribution >= 4 is 5.91 Å². The van der Waals surface area contributed by atoms with Gasteiger partial charge in [0.1, 0.15) is 0 Å². The van der Waals surface area contributed by atoms with E-state index in [1.54, 1.807) is 13.8 Å². The molecule has 1 aromatic rings. The van der Waals surface area contributed by atoms with Crippen LogP contribution >= 0.6 is 0 Å². The lowest BCUT2D eigenvalue weighted by atomic mass is 10.1. The third kappa shape index (κ3) is 2.85. The van der Waals surface area contributed by atoms with Crippen molar-refractivity contribution in [3.63, 3.8) is 0 Å². The van der Waals surface area contributed by atoms with E-state index >= 15 is 0 Å². The first-order chi connectivity index (χ1) is 8.84. The SMILES string of the molecule is CCN(CC)C(=O)Cc1c(F)c(F)c(F)c(F)c1F. The van der Waals surface area contributed by atoms with E-state index in [-0.39, 0.29) is 13.1 Å². The normalized spacial score (nSPS) is 10.7. The summed E-state index contributed by atoms with van der Waals surface area (Å²) in [5.74, 6) is -10.9. The van der Waals surface area contributed by atoms with Crippen LogP contribution in [-0.4, -0.2) is 23.9 Å². The number of nitrogens with zero attached hydrogens (tertiary/aromatic N) is 1. The molecule has 0 unspecified atom stereocenters. The molecular formula is C12H12F5NO. The summed E-state index contributed by atoms with van der Waals surface area (Å²) in [4.78, 5) is 12.9. The summed E-state index contributed by atoms with van der Waals surface area (Å²) in [7, 11) is 0. The third-order valence-electron chi connectivity index (χ3n) is 2.74. The van der Waals surface area contributed by atoms with E-state index in [4.69, 9.17) is 0 Å². The maximum atomic E-state index is 13.3. The fourth-order valence-electron chi connectivity index (χ4n) is 1.64. The molecule has 0 aliphatic rings. The number of amides is 1. The number of rotatable bonds is 4. The number of halogens is 5. The monoisotopic (exact) mass is 281 g/mol. The van der Waals surface area contributed by atoms with Crippen LogP contribution in [0.5, 0.6) is 0 Å². The van der Waals surface area contributed by atoms with Gasteiger partial charge in [0.05, 0.1) is 6.42 Å². The second-order valence-corrected chi connectivity index (χ2v) is 3.79. The first-order valence-electron chi connectivity index (χ1n) is 5.63. The molecule has 2 nitrogen and oxygen atoms in total. The lowest BCUT2D eigenvalue weighted by molar-refractivity contribution is -0.130. The number of hydrogen-bond acceptors (Lipinski definition) is 1. The van der Waals surface area contributed by atoms with Gasteiger partial charge in [-0.15, -0.1) is 0 Å². The van der Waals surface area contributed by atoms with Crippen LogP contribution in [0, 0.1) is 29.1 Å². The van der Waals surface area contributed by atoms with Gasteiger partial charge in [-0.3, -0.25) is 4.79 Å². The smallest absolute Gasteiger partial charge is 0.227 e. The van der Waals surface area contributed by atoms with Crippen LogP contribution in [0.3, 0.4) is 0 Å². The van der Waals surface area contributed by atoms with E-state index in [9.17, 15) is 26.7 Å². The van der Waals surface area contributed by atoms with Gasteiger partial charge in [0.2, 0.25) is 11.7 Å². The predicted molar refractivity (Wildman–Crippen MR) is 57.9 cm³/mol. The van der Waals surface area contributed by atoms with Gasteiger partial charge in [-0.2, -0.15) is 0 Å². The average molecular weight is 281 g/mol. The number of hydrogen-bond donors (Lipinski definition) is 0. The Balaban J connectivity index is 3.19. The minimum absolute atomic E-state index is 0.282. The maximum Gasteiger partial charge on any atom is 0.227 e. The highest BCUT2D eigenvalue weighted by Gasteiger charge is 2.27. The fraction of sp³-hybridized carbons (Fsp3) is 0.417. The molecule has 0 fully saturated rings. The predicted octanol–water partition coefficient (Wildman–Crippen LogP) is 2.79. The van der Waals surface area contributed by atoms with Crippen molar-refractivity contribution < 1.29 is 26.7 Å². The van der Waals surface area contributed by atoms with Gasteiger partial charge in [0.25, 0.3) is 0 Å². The van der Waals surface area contributed by atoms with Crippen molar-refractivity contribution in [1.82, 2.24) is 4.90 Å². The molecule has 0 aromatic heterocycles. The zero-order chi connectivity index (χ0) is 14.7. The van der Waals surface area contributed by atoms with Crippen LogP contribution in [0.1, 0.15) is 19.4 Å². The van der Waals surface area contributed by atoms with Gasteiger partial charge in [0.15, 0.2) is 23.3 Å². The lowest BCUT2D eigenvalue weighted by Crippen LogP contribution is -2.32. The fourth-order valence-corrected chi connectivity index (χ4v) is 1.64. The van der Waals surface area contributed by atoms with Crippen LogP contribution < -0.4 is 0 Å². The quantitative estimate of drug-likeness (QED) is 0.472. The molecule has 0 bridgehead atoms. The Labute approximate surface area is 106 Å². The highest BCUT2D eigenvalue weighted by atomic mass is 19.2. The summed E-state index contributed by atoms with van der Waals surface area (Å²) in [5, 5.41) is 0. The van der Waals surface area contributed by atoms with E-state index in [0.29, 0.717) is 0 Å². The molecule has 0 heterocycles. The molecule has 19 heavy (non-hydrogen) atoms. The van der Waals surface area contributed by atoms with Crippen molar-refractivity contribution in [2.45, 2.75) is 20.3 Å². The molecular weight excluding hydrogens is 269 g/mol. The molecule has 1 rings (SSSR count). The van der Waals surface area contributed by atoms with Gasteiger partial charge < -0.3 is 4.90 Å². The summed E-state index contributed by atoms with van der Waals surface area (Å²) in [5.41, 5.74) is -1.10. The lowest BCUT2D eigenvalue weighted by Gasteiger charge is -2.19. The number of carbonyl (C=O) groups is 1. The Bertz CT molecular complexity index is 470. The molecule has 0 saturated heterocycles. The van der Waals surface area contributed by atoms with Crippen molar-refractivity contribution in [3.05, 3.63) is 34.6 Å². The minimum Gasteiger partial charge on any atom is -0.343 e. The second-order valence-electron chi connectivity index (χ2n) is 3.79. The Morgan fingerprint density at radius 2 is 1.21 bits per heavy atom. The maximum absolute atomic E-state index is 13.3. The average Bonchev–Trinajstić information content (AvgIpc) is 2.40. The molecule has 0 aliphatic heterocycles. The first kappa shape index (κ1) is 15.4. The molecule has 1 amide bonds. The first-order valence-corrected chi connectivity index (χ1v) is 5.63. The molecule has 106 valence electrons. The van der Waals surface area contributed by atoms with Gasteiger partial charge in [-0.1, -0.05) is 0 Å². The third-order valence-corrected chi connectivity index (χ3v) is 2.74. The van der Waals surface area contributed by atoms with Gasteiger partial charge in [0, 0.05) is 18.7 Å². The summed E-state index contributed by atoms with van der Waals surface area (Å²) < 4.78 is 65.4. The summed E-state index contributed by atoms with van der Waals surface area (Å²) in [6.07, 6.45) is -0.868. The second kappa shape index (κ2) is 5.99. The summed E-state index contributed by atoms with van der Waals surface area (Å²) in [6.45, 7) is 3.84. The van der Waals surface area contributed by atoms with Crippen LogP contribution in [0.15, 0.2) is 0 Å². The van der Waals surface area contributed by atoms with Gasteiger partial charge in [-0.25, -0.2) is 22.0 Å². The van der Waals surface area contributed by atoms with E-state index in [2.05, 4.69) is 0 Å². The zero-order valence-corrected chi connectivity index (χ0v) is 10.4. The molecule has 0 aliphatic carbocycles. The van der Waals surface area contributed by atoms with E-state index in [0.717, 1.165) is 0 Å². The zero-order valence-electron chi connectivity index (χ0n) is 10.4. The topological polar surface area (TPSA) is 20.3 Å². The molecule has 1 aromatic carbocycles. The Hall–Kier alpha value is -1.66. The van der Waals surface area contributed by atoms with Crippen LogP contribution in [0.2, 0.25) is 0 Å². The number of likely N-dealkylation sites (N-methyl/N-ethyl adjacent to an activating group) is 1. The molecule has 0 saturated carbocycles. The molecule has 0 radical (unpaired) electrons. The van der Waals surface area contributed by atoms with E-state index in [1.807, 2.05) is 0 Å². The van der Waals surface area contributed by atoms with Gasteiger partial charge in [-0.05, 0) is 13.8 Å². The highest BCUT2D eigenvalue weighted by molar-refractivity contribution is 5.78. The van der Waals surface area contributed by atoms with Crippen molar-refractivity contribution in [2.75, 3.05) is 13.1 Å². The van der Waals surface area contributed by atoms with Crippen molar-refractivity contribution in [1.29, 1.82) is 0 Å². The van der Waals surface area contributed by atoms with Crippen molar-refractivity contribution in [2.24, 2.45) is 0 Å². The van der Waals surface area contributed by atoms with Crippen LogP contribution in [0.25, 0.3) is 0 Å². The largest absolute Gasteiger partial charge is 0.343 e. The molecule has 0 atom stereocenters. The van der Waals surface area contributed by atoms with Crippen LogP contribution in [-0.2, 0) is 11.2 Å². The van der Waals surface area contributed by atoms with E-state index in [1.165, 1.54) is 4.90 Å². The molecule has 7 heteroatoms. The van der Waals surface area contributed by atoms with E-state index < -0.39 is 47.0 Å². The summed E-state index contributed by atoms with van der Waals surface area (Å²) in [6, 6.07) is 0. The Morgan fingerprint density at radius 3 is 1.58 bits per heavy atom. The minimum atomic E-state index is -2.23.